The Morgan fingerprint density at radius 1 is 1.57 bits per heavy atom. The Hall–Kier alpha value is -0.0317. The minimum absolute atomic E-state index is 1.46. The molecule has 0 atom stereocenters. The Balaban J connectivity index is 3.27. The molecule has 0 N–H and O–H groups in total. The first-order valence-corrected chi connectivity index (χ1v) is 3.69. The summed E-state index contributed by atoms with van der Waals surface area (Å²) in [5.41, 5.74) is 0. The van der Waals surface area contributed by atoms with Gasteiger partial charge >= 0.3 is 54.2 Å². The van der Waals surface area contributed by atoms with Crippen LogP contribution in [-0.4, -0.2) is 10.6 Å². The van der Waals surface area contributed by atoms with Crippen molar-refractivity contribution in [2.75, 3.05) is 0 Å². The van der Waals surface area contributed by atoms with Crippen LogP contribution >= 0.6 is 0 Å². The van der Waals surface area contributed by atoms with Crippen LogP contribution in [0.2, 0.25) is 0 Å². The summed E-state index contributed by atoms with van der Waals surface area (Å²) in [4.78, 5) is 3.84. The summed E-state index contributed by atoms with van der Waals surface area (Å²) in [6.07, 6.45) is 5.46. The predicted molar refractivity (Wildman–Crippen MR) is 29.4 cm³/mol. The molecule has 1 nitrogen and oxygen atoms in total. The van der Waals surface area contributed by atoms with Crippen molar-refractivity contribution >= 4 is 10.6 Å². The van der Waals surface area contributed by atoms with Crippen molar-refractivity contribution in [3.63, 3.8) is 0 Å². The Labute approximate surface area is 54.6 Å². The quantitative estimate of drug-likeness (QED) is 0.659. The number of rotatable bonds is 2. The van der Waals surface area contributed by atoms with Crippen molar-refractivity contribution in [3.8, 4) is 0 Å². The Bertz CT molecular complexity index is 94.3. The second-order valence-electron chi connectivity index (χ2n) is 0.885. The summed E-state index contributed by atoms with van der Waals surface area (Å²) < 4.78 is 2.02. The van der Waals surface area contributed by atoms with E-state index in [1.54, 1.807) is 12.4 Å². The zero-order valence-corrected chi connectivity index (χ0v) is 7.10. The van der Waals surface area contributed by atoms with Gasteiger partial charge in [0.05, 0.1) is 0 Å². The number of aliphatic imine (C=N–C) groups is 1. The minimum atomic E-state index is 1.46. The molecule has 0 aromatic rings. The van der Waals surface area contributed by atoms with E-state index in [1.165, 1.54) is 19.4 Å². The molecule has 0 bridgehead atoms. The standard InChI is InChI=1S/C5H7N.W/c1-3-5-6-4-2;/h1,3-5H,2H3;. The van der Waals surface area contributed by atoms with Gasteiger partial charge in [0.25, 0.3) is 0 Å². The topological polar surface area (TPSA) is 12.4 Å². The van der Waals surface area contributed by atoms with E-state index in [1.807, 2.05) is 17.4 Å². The Morgan fingerprint density at radius 2 is 2.29 bits per heavy atom. The monoisotopic (exact) mass is 265 g/mol. The number of hydrogen-bond donors (Lipinski definition) is 0. The number of nitrogens with zero attached hydrogens (tertiary/aromatic N) is 1. The van der Waals surface area contributed by atoms with Crippen LogP contribution in [0.3, 0.4) is 0 Å². The van der Waals surface area contributed by atoms with Gasteiger partial charge < -0.3 is 0 Å². The van der Waals surface area contributed by atoms with E-state index in [0.717, 1.165) is 0 Å². The Kier molecular flexibility index (Phi) is 5.94. The zero-order valence-electron chi connectivity index (χ0n) is 4.16. The molecular formula is C5H7NW. The molecule has 0 radical (unpaired) electrons. The molecule has 0 fully saturated rings. The summed E-state index contributed by atoms with van der Waals surface area (Å²) in [6, 6.07) is 0. The molecular weight excluding hydrogens is 258 g/mol. The van der Waals surface area contributed by atoms with Gasteiger partial charge in [-0.2, -0.15) is 0 Å². The summed E-state index contributed by atoms with van der Waals surface area (Å²) >= 11 is 1.46. The molecule has 0 saturated carbocycles. The fourth-order valence-corrected chi connectivity index (χ4v) is 0.423. The number of hydrogen-bond acceptors (Lipinski definition) is 1. The molecule has 0 heterocycles. The van der Waals surface area contributed by atoms with Gasteiger partial charge in [0, 0.05) is 0 Å². The van der Waals surface area contributed by atoms with Crippen molar-refractivity contribution in [3.05, 3.63) is 12.3 Å². The third-order valence-electron chi connectivity index (χ3n) is 0.400. The maximum atomic E-state index is 3.84. The second-order valence-corrected chi connectivity index (χ2v) is 1.86. The van der Waals surface area contributed by atoms with Crippen LogP contribution in [0.25, 0.3) is 0 Å². The first-order chi connectivity index (χ1) is 3.41. The van der Waals surface area contributed by atoms with Gasteiger partial charge in [-0.3, -0.25) is 0 Å². The van der Waals surface area contributed by atoms with Crippen LogP contribution in [0.15, 0.2) is 17.3 Å². The fourth-order valence-electron chi connectivity index (χ4n) is 0.171. The molecule has 0 unspecified atom stereocenters. The Morgan fingerprint density at radius 3 is 2.71 bits per heavy atom. The molecule has 0 saturated heterocycles. The van der Waals surface area contributed by atoms with Gasteiger partial charge in [-0.25, -0.2) is 0 Å². The van der Waals surface area contributed by atoms with E-state index in [9.17, 15) is 0 Å². The van der Waals surface area contributed by atoms with Gasteiger partial charge in [0.15, 0.2) is 0 Å². The van der Waals surface area contributed by atoms with Crippen molar-refractivity contribution in [1.82, 2.24) is 0 Å². The van der Waals surface area contributed by atoms with Crippen molar-refractivity contribution < 1.29 is 19.4 Å². The van der Waals surface area contributed by atoms with Gasteiger partial charge in [-0.1, -0.05) is 0 Å². The fraction of sp³-hybridized carbons (Fsp3) is 0.200. The summed E-state index contributed by atoms with van der Waals surface area (Å²) in [6.45, 7) is 1.90. The van der Waals surface area contributed by atoms with Crippen LogP contribution < -0.4 is 0 Å². The van der Waals surface area contributed by atoms with E-state index in [-0.39, 0.29) is 0 Å². The van der Waals surface area contributed by atoms with Crippen LogP contribution in [-0.2, 0) is 19.4 Å². The van der Waals surface area contributed by atoms with E-state index >= 15 is 0 Å². The SMILES string of the molecule is CC=NC=C[CH]=[W]. The van der Waals surface area contributed by atoms with Gasteiger partial charge in [-0.15, -0.1) is 0 Å². The first kappa shape index (κ1) is 6.97. The summed E-state index contributed by atoms with van der Waals surface area (Å²) in [5.74, 6) is 0. The molecule has 7 heavy (non-hydrogen) atoms. The molecule has 0 aromatic carbocycles. The second kappa shape index (κ2) is 5.97. The molecule has 0 aliphatic heterocycles. The molecule has 0 amide bonds. The molecule has 2 heteroatoms. The predicted octanol–water partition coefficient (Wildman–Crippen LogP) is 0.940. The van der Waals surface area contributed by atoms with Gasteiger partial charge in [0.2, 0.25) is 0 Å². The van der Waals surface area contributed by atoms with E-state index in [2.05, 4.69) is 4.99 Å². The van der Waals surface area contributed by atoms with Crippen LogP contribution in [0.5, 0.6) is 0 Å². The molecule has 0 aromatic heterocycles. The third-order valence-corrected chi connectivity index (χ3v) is 0.964. The van der Waals surface area contributed by atoms with Crippen molar-refractivity contribution in [1.29, 1.82) is 0 Å². The van der Waals surface area contributed by atoms with E-state index < -0.39 is 0 Å². The van der Waals surface area contributed by atoms with Crippen LogP contribution in [0.4, 0.5) is 0 Å². The molecule has 0 spiro atoms. The van der Waals surface area contributed by atoms with E-state index in [4.69, 9.17) is 0 Å². The maximum absolute atomic E-state index is 3.84. The number of allylic oxidation sites excluding steroid dienone is 1. The molecule has 0 aliphatic rings. The third kappa shape index (κ3) is 5.97. The molecule has 0 rings (SSSR count). The average Bonchev–Trinajstić information content (AvgIpc) is 1.69. The van der Waals surface area contributed by atoms with Gasteiger partial charge in [0.1, 0.15) is 0 Å². The average molecular weight is 265 g/mol. The van der Waals surface area contributed by atoms with E-state index in [0.29, 0.717) is 0 Å². The molecule has 38 valence electrons. The van der Waals surface area contributed by atoms with Crippen LogP contribution in [0, 0.1) is 0 Å². The summed E-state index contributed by atoms with van der Waals surface area (Å²) in [7, 11) is 0. The summed E-state index contributed by atoms with van der Waals surface area (Å²) in [5, 5.41) is 0. The first-order valence-electron chi connectivity index (χ1n) is 2.00. The van der Waals surface area contributed by atoms with Crippen molar-refractivity contribution in [2.45, 2.75) is 6.92 Å². The van der Waals surface area contributed by atoms with Gasteiger partial charge in [-0.05, 0) is 0 Å². The molecule has 0 aliphatic carbocycles. The normalized spacial score (nSPS) is 11.0. The van der Waals surface area contributed by atoms with Crippen molar-refractivity contribution in [2.24, 2.45) is 4.99 Å². The van der Waals surface area contributed by atoms with Crippen LogP contribution in [0.1, 0.15) is 6.92 Å². The zero-order chi connectivity index (χ0) is 5.54.